The summed E-state index contributed by atoms with van der Waals surface area (Å²) in [6.07, 6.45) is 0.978. The lowest BCUT2D eigenvalue weighted by atomic mass is 9.98. The second kappa shape index (κ2) is 6.57. The van der Waals surface area contributed by atoms with Crippen molar-refractivity contribution >= 4 is 33.0 Å². The fraction of sp³-hybridized carbons (Fsp3) is 0.353. The largest absolute Gasteiger partial charge is 0.469 e. The molecule has 1 atom stereocenters. The molecule has 1 aliphatic rings. The van der Waals surface area contributed by atoms with Crippen LogP contribution in [0.3, 0.4) is 0 Å². The molecule has 5 nitrogen and oxygen atoms in total. The number of anilines is 1. The van der Waals surface area contributed by atoms with Crippen LogP contribution in [-0.2, 0) is 26.0 Å². The van der Waals surface area contributed by atoms with E-state index in [0.717, 1.165) is 16.9 Å². The van der Waals surface area contributed by atoms with E-state index in [1.165, 1.54) is 22.8 Å². The predicted octanol–water partition coefficient (Wildman–Crippen LogP) is 3.17. The molecule has 0 fully saturated rings. The van der Waals surface area contributed by atoms with Crippen molar-refractivity contribution < 1.29 is 17.9 Å². The number of hydrogen-bond acceptors (Lipinski definition) is 5. The molecule has 2 heterocycles. The van der Waals surface area contributed by atoms with Crippen molar-refractivity contribution in [1.82, 2.24) is 0 Å². The monoisotopic (exact) mass is 365 g/mol. The van der Waals surface area contributed by atoms with E-state index in [9.17, 15) is 13.2 Å². The molecule has 3 rings (SSSR count). The predicted molar refractivity (Wildman–Crippen MR) is 94.0 cm³/mol. The molecule has 128 valence electrons. The van der Waals surface area contributed by atoms with Crippen LogP contribution in [0, 0.1) is 0 Å². The molecular formula is C17H19NO4S2. The molecule has 0 amide bonds. The van der Waals surface area contributed by atoms with Gasteiger partial charge in [0.05, 0.1) is 19.2 Å². The molecule has 1 unspecified atom stereocenters. The lowest BCUT2D eigenvalue weighted by molar-refractivity contribution is -0.140. The Labute approximate surface area is 145 Å². The average molecular weight is 365 g/mol. The number of nitrogens with zero attached hydrogens (tertiary/aromatic N) is 1. The summed E-state index contributed by atoms with van der Waals surface area (Å²) in [5.41, 5.74) is 1.52. The first-order valence-electron chi connectivity index (χ1n) is 7.74. The number of carbonyl (C=O) groups is 1. The summed E-state index contributed by atoms with van der Waals surface area (Å²) in [5.74, 6) is -0.521. The summed E-state index contributed by atoms with van der Waals surface area (Å²) in [6.45, 7) is 2.26. The number of aryl methyl sites for hydroxylation is 1. The summed E-state index contributed by atoms with van der Waals surface area (Å²) in [6, 6.07) is 10.9. The number of ether oxygens (including phenoxy) is 1. The molecule has 0 N–H and O–H groups in total. The molecule has 1 aliphatic heterocycles. The number of rotatable bonds is 5. The quantitative estimate of drug-likeness (QED) is 0.764. The average Bonchev–Trinajstić information content (AvgIpc) is 3.20. The SMILES string of the molecule is CCc1ccc(S(=O)(=O)N2CC(CC(=O)OC)c3ccccc32)s1. The summed E-state index contributed by atoms with van der Waals surface area (Å²) in [4.78, 5) is 12.7. The van der Waals surface area contributed by atoms with Gasteiger partial charge in [-0.25, -0.2) is 8.42 Å². The molecular weight excluding hydrogens is 346 g/mol. The number of sulfonamides is 1. The number of para-hydroxylation sites is 1. The molecule has 0 spiro atoms. The Hall–Kier alpha value is -1.86. The van der Waals surface area contributed by atoms with Crippen LogP contribution < -0.4 is 4.31 Å². The highest BCUT2D eigenvalue weighted by Gasteiger charge is 2.37. The maximum Gasteiger partial charge on any atom is 0.306 e. The van der Waals surface area contributed by atoms with Crippen molar-refractivity contribution in [2.45, 2.75) is 29.9 Å². The van der Waals surface area contributed by atoms with Gasteiger partial charge in [0.25, 0.3) is 10.0 Å². The summed E-state index contributed by atoms with van der Waals surface area (Å²) in [5, 5.41) is 0. The topological polar surface area (TPSA) is 63.7 Å². The van der Waals surface area contributed by atoms with Gasteiger partial charge in [-0.3, -0.25) is 9.10 Å². The zero-order valence-electron chi connectivity index (χ0n) is 13.6. The fourth-order valence-corrected chi connectivity index (χ4v) is 5.88. The van der Waals surface area contributed by atoms with Crippen LogP contribution in [0.15, 0.2) is 40.6 Å². The Morgan fingerprint density at radius 3 is 2.71 bits per heavy atom. The molecule has 0 saturated heterocycles. The first kappa shape index (κ1) is 17.0. The van der Waals surface area contributed by atoms with Gasteiger partial charge in [0, 0.05) is 17.3 Å². The number of esters is 1. The van der Waals surface area contributed by atoms with Gasteiger partial charge in [-0.15, -0.1) is 11.3 Å². The Kier molecular flexibility index (Phi) is 4.64. The summed E-state index contributed by atoms with van der Waals surface area (Å²) in [7, 11) is -2.27. The number of fused-ring (bicyclic) bond motifs is 1. The van der Waals surface area contributed by atoms with Crippen molar-refractivity contribution in [3.8, 4) is 0 Å². The highest BCUT2D eigenvalue weighted by atomic mass is 32.2. The first-order chi connectivity index (χ1) is 11.5. The third-order valence-corrected chi connectivity index (χ3v) is 7.68. The standard InChI is InChI=1S/C17H19NO4S2/c1-3-13-8-9-17(23-13)24(20,21)18-11-12(10-16(19)22-2)14-6-4-5-7-15(14)18/h4-9,12H,3,10-11H2,1-2H3. The lowest BCUT2D eigenvalue weighted by Gasteiger charge is -2.19. The van der Waals surface area contributed by atoms with Gasteiger partial charge in [-0.05, 0) is 30.2 Å². The highest BCUT2D eigenvalue weighted by molar-refractivity contribution is 7.94. The maximum absolute atomic E-state index is 13.0. The van der Waals surface area contributed by atoms with Gasteiger partial charge in [-0.1, -0.05) is 25.1 Å². The number of hydrogen-bond donors (Lipinski definition) is 0. The Morgan fingerprint density at radius 2 is 2.04 bits per heavy atom. The molecule has 1 aromatic carbocycles. The van der Waals surface area contributed by atoms with Crippen molar-refractivity contribution in [1.29, 1.82) is 0 Å². The highest BCUT2D eigenvalue weighted by Crippen LogP contribution is 2.42. The Balaban J connectivity index is 1.98. The number of carbonyl (C=O) groups excluding carboxylic acids is 1. The first-order valence-corrected chi connectivity index (χ1v) is 10.00. The van der Waals surface area contributed by atoms with Crippen LogP contribution in [0.4, 0.5) is 5.69 Å². The van der Waals surface area contributed by atoms with Crippen LogP contribution in [0.25, 0.3) is 0 Å². The Bertz CT molecular complexity index is 857. The number of thiophene rings is 1. The summed E-state index contributed by atoms with van der Waals surface area (Å²) >= 11 is 1.30. The minimum atomic E-state index is -3.62. The molecule has 2 aromatic rings. The maximum atomic E-state index is 13.0. The van der Waals surface area contributed by atoms with Crippen LogP contribution >= 0.6 is 11.3 Å². The van der Waals surface area contributed by atoms with Crippen LogP contribution in [0.2, 0.25) is 0 Å². The second-order valence-corrected chi connectivity index (χ2v) is 8.90. The van der Waals surface area contributed by atoms with Crippen LogP contribution in [-0.4, -0.2) is 28.0 Å². The van der Waals surface area contributed by atoms with E-state index in [-0.39, 0.29) is 24.9 Å². The van der Waals surface area contributed by atoms with Crippen molar-refractivity contribution in [2.24, 2.45) is 0 Å². The van der Waals surface area contributed by atoms with Gasteiger partial charge < -0.3 is 4.74 Å². The van der Waals surface area contributed by atoms with E-state index in [4.69, 9.17) is 4.74 Å². The minimum absolute atomic E-state index is 0.171. The summed E-state index contributed by atoms with van der Waals surface area (Å²) < 4.78 is 32.6. The smallest absolute Gasteiger partial charge is 0.306 e. The number of benzene rings is 1. The van der Waals surface area contributed by atoms with Crippen LogP contribution in [0.5, 0.6) is 0 Å². The van der Waals surface area contributed by atoms with E-state index in [2.05, 4.69) is 0 Å². The molecule has 0 aliphatic carbocycles. The van der Waals surface area contributed by atoms with Crippen molar-refractivity contribution in [3.63, 3.8) is 0 Å². The number of methoxy groups -OCH3 is 1. The van der Waals surface area contributed by atoms with Gasteiger partial charge >= 0.3 is 5.97 Å². The fourth-order valence-electron chi connectivity index (χ4n) is 2.94. The van der Waals surface area contributed by atoms with E-state index < -0.39 is 10.0 Å². The normalized spacial score (nSPS) is 16.9. The third-order valence-electron chi connectivity index (χ3n) is 4.20. The molecule has 0 saturated carbocycles. The van der Waals surface area contributed by atoms with Gasteiger partial charge in [0.2, 0.25) is 0 Å². The zero-order chi connectivity index (χ0) is 17.3. The minimum Gasteiger partial charge on any atom is -0.469 e. The van der Waals surface area contributed by atoms with E-state index in [1.807, 2.05) is 31.2 Å². The van der Waals surface area contributed by atoms with Gasteiger partial charge in [-0.2, -0.15) is 0 Å². The molecule has 0 bridgehead atoms. The Morgan fingerprint density at radius 1 is 1.29 bits per heavy atom. The molecule has 1 aromatic heterocycles. The molecule has 7 heteroatoms. The van der Waals surface area contributed by atoms with Crippen molar-refractivity contribution in [2.75, 3.05) is 18.0 Å². The third kappa shape index (κ3) is 2.93. The molecule has 24 heavy (non-hydrogen) atoms. The van der Waals surface area contributed by atoms with E-state index in [1.54, 1.807) is 12.1 Å². The van der Waals surface area contributed by atoms with Gasteiger partial charge in [0.15, 0.2) is 0 Å². The van der Waals surface area contributed by atoms with Gasteiger partial charge in [0.1, 0.15) is 4.21 Å². The van der Waals surface area contributed by atoms with Crippen LogP contribution in [0.1, 0.15) is 29.7 Å². The van der Waals surface area contributed by atoms with E-state index in [0.29, 0.717) is 9.90 Å². The second-order valence-electron chi connectivity index (χ2n) is 5.65. The van der Waals surface area contributed by atoms with Crippen molar-refractivity contribution in [3.05, 3.63) is 46.8 Å². The molecule has 0 radical (unpaired) electrons. The van der Waals surface area contributed by atoms with E-state index >= 15 is 0 Å². The zero-order valence-corrected chi connectivity index (χ0v) is 15.2. The lowest BCUT2D eigenvalue weighted by Crippen LogP contribution is -2.29.